The van der Waals surface area contributed by atoms with Gasteiger partial charge in [0.1, 0.15) is 5.75 Å². The third-order valence-corrected chi connectivity index (χ3v) is 3.95. The van der Waals surface area contributed by atoms with E-state index in [0.29, 0.717) is 0 Å². The molecule has 0 amide bonds. The Kier molecular flexibility index (Phi) is 3.66. The second-order valence-electron chi connectivity index (χ2n) is 5.26. The zero-order chi connectivity index (χ0) is 14.1. The number of phenolic OH excluding ortho intramolecular Hbond substituents is 1. The third-order valence-electron chi connectivity index (χ3n) is 3.70. The first-order valence-corrected chi connectivity index (χ1v) is 7.05. The van der Waals surface area contributed by atoms with Gasteiger partial charge in [-0.15, -0.1) is 0 Å². The van der Waals surface area contributed by atoms with E-state index in [2.05, 4.69) is 4.90 Å². The largest absolute Gasteiger partial charge is 0.508 e. The molecule has 0 radical (unpaired) electrons. The molecule has 20 heavy (non-hydrogen) atoms. The van der Waals surface area contributed by atoms with Crippen molar-refractivity contribution in [3.8, 4) is 5.75 Å². The van der Waals surface area contributed by atoms with Gasteiger partial charge in [-0.3, -0.25) is 4.90 Å². The number of hydrogen-bond acceptors (Lipinski definition) is 3. The lowest BCUT2D eigenvalue weighted by Gasteiger charge is -2.43. The maximum Gasteiger partial charge on any atom is 0.115 e. The smallest absolute Gasteiger partial charge is 0.115 e. The van der Waals surface area contributed by atoms with Gasteiger partial charge in [0.05, 0.1) is 6.04 Å². The number of hydrogen-bond donors (Lipinski definition) is 2. The van der Waals surface area contributed by atoms with Crippen molar-refractivity contribution in [1.29, 1.82) is 0 Å². The molecule has 1 fully saturated rings. The van der Waals surface area contributed by atoms with Crippen LogP contribution in [0.25, 0.3) is 0 Å². The summed E-state index contributed by atoms with van der Waals surface area (Å²) in [5.74, 6) is 0.281. The number of nitrogens with zero attached hydrogens (tertiary/aromatic N) is 1. The van der Waals surface area contributed by atoms with Crippen LogP contribution in [0.15, 0.2) is 48.5 Å². The van der Waals surface area contributed by atoms with Gasteiger partial charge in [-0.2, -0.15) is 0 Å². The summed E-state index contributed by atoms with van der Waals surface area (Å²) in [5.41, 5.74) is 8.25. The Labute approximate surface area is 123 Å². The van der Waals surface area contributed by atoms with Crippen LogP contribution >= 0.6 is 11.6 Å². The molecule has 0 aromatic heterocycles. The number of rotatable bonds is 3. The van der Waals surface area contributed by atoms with E-state index >= 15 is 0 Å². The summed E-state index contributed by atoms with van der Waals surface area (Å²) >= 11 is 5.97. The number of likely N-dealkylation sites (tertiary alicyclic amines) is 1. The van der Waals surface area contributed by atoms with Gasteiger partial charge in [-0.05, 0) is 35.4 Å². The predicted molar refractivity (Wildman–Crippen MR) is 81.0 cm³/mol. The average molecular weight is 289 g/mol. The zero-order valence-corrected chi connectivity index (χ0v) is 11.8. The monoisotopic (exact) mass is 288 g/mol. The molecule has 0 saturated carbocycles. The minimum Gasteiger partial charge on any atom is -0.508 e. The fraction of sp³-hybridized carbons (Fsp3) is 0.250. The SMILES string of the molecule is NC1CN(C(c2ccc(O)cc2)c2ccc(Cl)cc2)C1. The molecule has 3 N–H and O–H groups in total. The molecule has 1 unspecified atom stereocenters. The van der Waals surface area contributed by atoms with Crippen LogP contribution in [0.2, 0.25) is 5.02 Å². The highest BCUT2D eigenvalue weighted by molar-refractivity contribution is 6.30. The van der Waals surface area contributed by atoms with E-state index in [1.54, 1.807) is 12.1 Å². The molecule has 1 aliphatic heterocycles. The van der Waals surface area contributed by atoms with Crippen molar-refractivity contribution in [2.24, 2.45) is 5.73 Å². The Balaban J connectivity index is 1.95. The summed E-state index contributed by atoms with van der Waals surface area (Å²) in [5, 5.41) is 10.2. The summed E-state index contributed by atoms with van der Waals surface area (Å²) in [4.78, 5) is 2.33. The number of halogens is 1. The van der Waals surface area contributed by atoms with Gasteiger partial charge in [0, 0.05) is 24.2 Å². The van der Waals surface area contributed by atoms with E-state index in [4.69, 9.17) is 17.3 Å². The standard InChI is InChI=1S/C16H17ClN2O/c17-13-5-1-11(2-6-13)16(19-9-14(18)10-19)12-3-7-15(20)8-4-12/h1-8,14,16,20H,9-10,18H2. The molecule has 0 aliphatic carbocycles. The van der Waals surface area contributed by atoms with Gasteiger partial charge in [-0.1, -0.05) is 35.9 Å². The molecular weight excluding hydrogens is 272 g/mol. The molecule has 1 heterocycles. The molecule has 3 nitrogen and oxygen atoms in total. The molecule has 2 aromatic carbocycles. The first kappa shape index (κ1) is 13.4. The van der Waals surface area contributed by atoms with Gasteiger partial charge in [0.25, 0.3) is 0 Å². The highest BCUT2D eigenvalue weighted by Crippen LogP contribution is 2.33. The predicted octanol–water partition coefficient (Wildman–Crippen LogP) is 2.78. The first-order valence-electron chi connectivity index (χ1n) is 6.67. The van der Waals surface area contributed by atoms with Gasteiger partial charge in [-0.25, -0.2) is 0 Å². The number of benzene rings is 2. The Morgan fingerprint density at radius 1 is 1.00 bits per heavy atom. The van der Waals surface area contributed by atoms with Crippen LogP contribution in [-0.2, 0) is 0 Å². The van der Waals surface area contributed by atoms with E-state index in [9.17, 15) is 5.11 Å². The first-order chi connectivity index (χ1) is 9.63. The van der Waals surface area contributed by atoms with Crippen molar-refractivity contribution in [2.45, 2.75) is 12.1 Å². The summed E-state index contributed by atoms with van der Waals surface area (Å²) in [6.07, 6.45) is 0. The highest BCUT2D eigenvalue weighted by Gasteiger charge is 2.31. The van der Waals surface area contributed by atoms with Crippen molar-refractivity contribution >= 4 is 11.6 Å². The normalized spacial score (nSPS) is 17.7. The quantitative estimate of drug-likeness (QED) is 0.913. The van der Waals surface area contributed by atoms with Gasteiger partial charge >= 0.3 is 0 Å². The lowest BCUT2D eigenvalue weighted by atomic mass is 9.93. The molecule has 1 saturated heterocycles. The van der Waals surface area contributed by atoms with Crippen LogP contribution in [0.5, 0.6) is 5.75 Å². The number of phenols is 1. The lowest BCUT2D eigenvalue weighted by Crippen LogP contribution is -2.56. The van der Waals surface area contributed by atoms with E-state index in [-0.39, 0.29) is 17.8 Å². The van der Waals surface area contributed by atoms with Crippen molar-refractivity contribution in [1.82, 2.24) is 4.90 Å². The maximum absolute atomic E-state index is 9.45. The van der Waals surface area contributed by atoms with Crippen LogP contribution in [0, 0.1) is 0 Å². The zero-order valence-electron chi connectivity index (χ0n) is 11.0. The van der Waals surface area contributed by atoms with Crippen LogP contribution in [0.1, 0.15) is 17.2 Å². The molecule has 2 aromatic rings. The summed E-state index contributed by atoms with van der Waals surface area (Å²) in [6, 6.07) is 15.7. The molecular formula is C16H17ClN2O. The number of aromatic hydroxyl groups is 1. The summed E-state index contributed by atoms with van der Waals surface area (Å²) in [6.45, 7) is 1.77. The molecule has 0 bridgehead atoms. The fourth-order valence-corrected chi connectivity index (χ4v) is 2.80. The van der Waals surface area contributed by atoms with Crippen LogP contribution in [0.4, 0.5) is 0 Å². The van der Waals surface area contributed by atoms with Gasteiger partial charge in [0.15, 0.2) is 0 Å². The molecule has 1 aliphatic rings. The van der Waals surface area contributed by atoms with E-state index in [1.165, 1.54) is 5.56 Å². The van der Waals surface area contributed by atoms with Gasteiger partial charge < -0.3 is 10.8 Å². The second-order valence-corrected chi connectivity index (χ2v) is 5.70. The summed E-state index contributed by atoms with van der Waals surface area (Å²) in [7, 11) is 0. The Bertz CT molecular complexity index is 531. The molecule has 0 spiro atoms. The molecule has 104 valence electrons. The Morgan fingerprint density at radius 3 is 2.00 bits per heavy atom. The molecule has 4 heteroatoms. The molecule has 3 rings (SSSR count). The van der Waals surface area contributed by atoms with E-state index in [1.807, 2.05) is 36.4 Å². The molecule has 1 atom stereocenters. The van der Waals surface area contributed by atoms with E-state index < -0.39 is 0 Å². The Hall–Kier alpha value is -1.55. The van der Waals surface area contributed by atoms with Crippen LogP contribution in [0.3, 0.4) is 0 Å². The topological polar surface area (TPSA) is 49.5 Å². The number of nitrogens with two attached hydrogens (primary N) is 1. The van der Waals surface area contributed by atoms with E-state index in [0.717, 1.165) is 23.7 Å². The van der Waals surface area contributed by atoms with Crippen LogP contribution in [-0.4, -0.2) is 29.1 Å². The van der Waals surface area contributed by atoms with Crippen molar-refractivity contribution < 1.29 is 5.11 Å². The Morgan fingerprint density at radius 2 is 1.50 bits per heavy atom. The highest BCUT2D eigenvalue weighted by atomic mass is 35.5. The van der Waals surface area contributed by atoms with Crippen LogP contribution < -0.4 is 5.73 Å². The van der Waals surface area contributed by atoms with Crippen molar-refractivity contribution in [3.05, 3.63) is 64.7 Å². The van der Waals surface area contributed by atoms with Gasteiger partial charge in [0.2, 0.25) is 0 Å². The second kappa shape index (κ2) is 5.44. The maximum atomic E-state index is 9.45. The fourth-order valence-electron chi connectivity index (χ4n) is 2.68. The lowest BCUT2D eigenvalue weighted by molar-refractivity contribution is 0.114. The minimum atomic E-state index is 0.160. The summed E-state index contributed by atoms with van der Waals surface area (Å²) < 4.78 is 0. The minimum absolute atomic E-state index is 0.160. The van der Waals surface area contributed by atoms with Crippen molar-refractivity contribution in [2.75, 3.05) is 13.1 Å². The average Bonchev–Trinajstić information content (AvgIpc) is 2.41. The van der Waals surface area contributed by atoms with Crippen molar-refractivity contribution in [3.63, 3.8) is 0 Å². The third kappa shape index (κ3) is 2.66.